The molecular formula is C22H20O7. The van der Waals surface area contributed by atoms with Gasteiger partial charge in [-0.25, -0.2) is 0 Å². The van der Waals surface area contributed by atoms with Gasteiger partial charge >= 0.3 is 0 Å². The van der Waals surface area contributed by atoms with Gasteiger partial charge in [-0.3, -0.25) is 9.59 Å². The first-order valence-corrected chi connectivity index (χ1v) is 8.99. The highest BCUT2D eigenvalue weighted by molar-refractivity contribution is 6.41. The molecule has 0 aromatic heterocycles. The summed E-state index contributed by atoms with van der Waals surface area (Å²) in [7, 11) is 2.87. The smallest absolute Gasteiger partial charge is 0.232 e. The second-order valence-corrected chi connectivity index (χ2v) is 7.41. The fourth-order valence-corrected chi connectivity index (χ4v) is 3.86. The molecule has 2 aromatic rings. The lowest BCUT2D eigenvalue weighted by Crippen LogP contribution is -2.35. The minimum absolute atomic E-state index is 0.0713. The van der Waals surface area contributed by atoms with Crippen LogP contribution in [0.25, 0.3) is 5.57 Å². The zero-order valence-electron chi connectivity index (χ0n) is 16.5. The van der Waals surface area contributed by atoms with Gasteiger partial charge in [0.05, 0.1) is 32.0 Å². The topological polar surface area (TPSA) is 102 Å². The fraction of sp³-hybridized carbons (Fsp3) is 0.273. The molecule has 1 heterocycles. The second kappa shape index (κ2) is 6.35. The Labute approximate surface area is 167 Å². The average Bonchev–Trinajstić information content (AvgIpc) is 2.70. The van der Waals surface area contributed by atoms with E-state index < -0.39 is 23.8 Å². The number of ether oxygens (including phenoxy) is 3. The highest BCUT2D eigenvalue weighted by Crippen LogP contribution is 2.48. The van der Waals surface area contributed by atoms with E-state index in [1.807, 2.05) is 0 Å². The summed E-state index contributed by atoms with van der Waals surface area (Å²) >= 11 is 0. The second-order valence-electron chi connectivity index (χ2n) is 7.41. The van der Waals surface area contributed by atoms with Gasteiger partial charge in [0.1, 0.15) is 22.8 Å². The molecule has 4 rings (SSSR count). The molecular weight excluding hydrogens is 376 g/mol. The van der Waals surface area contributed by atoms with Crippen LogP contribution < -0.4 is 9.47 Å². The summed E-state index contributed by atoms with van der Waals surface area (Å²) < 4.78 is 16.5. The van der Waals surface area contributed by atoms with Gasteiger partial charge in [0.2, 0.25) is 5.78 Å². The number of allylic oxidation sites excluding steroid dienone is 2. The van der Waals surface area contributed by atoms with E-state index >= 15 is 0 Å². The summed E-state index contributed by atoms with van der Waals surface area (Å²) in [6, 6.07) is 6.02. The summed E-state index contributed by atoms with van der Waals surface area (Å²) in [4.78, 5) is 26.8. The molecule has 0 bridgehead atoms. The first-order valence-electron chi connectivity index (χ1n) is 8.99. The number of aromatic hydroxyl groups is 1. The van der Waals surface area contributed by atoms with Crippen molar-refractivity contribution in [2.75, 3.05) is 14.2 Å². The largest absolute Gasteiger partial charge is 0.508 e. The van der Waals surface area contributed by atoms with Crippen molar-refractivity contribution in [1.82, 2.24) is 0 Å². The number of Topliss-reactive ketones (excluding diaryl/α,β-unsaturated/α-hetero) is 2. The third kappa shape index (κ3) is 2.61. The highest BCUT2D eigenvalue weighted by atomic mass is 16.5. The SMILES string of the molecule is COc1cc(OC)c2c(c1)C(=O)C1=C(OC(C)(C)c3cc(O)c(CO)cc31)C2=O. The Morgan fingerprint density at radius 1 is 1.00 bits per heavy atom. The Hall–Kier alpha value is -3.32. The van der Waals surface area contributed by atoms with Crippen LogP contribution >= 0.6 is 0 Å². The summed E-state index contributed by atoms with van der Waals surface area (Å²) in [6.07, 6.45) is 0. The molecule has 1 aliphatic carbocycles. The van der Waals surface area contributed by atoms with Crippen molar-refractivity contribution >= 4 is 17.1 Å². The number of methoxy groups -OCH3 is 2. The zero-order chi connectivity index (χ0) is 21.1. The number of fused-ring (bicyclic) bond motifs is 3. The molecule has 0 saturated carbocycles. The number of carbonyl (C=O) groups is 2. The van der Waals surface area contributed by atoms with E-state index in [0.29, 0.717) is 16.9 Å². The minimum Gasteiger partial charge on any atom is -0.508 e. The van der Waals surface area contributed by atoms with Gasteiger partial charge in [-0.05, 0) is 37.6 Å². The third-order valence-corrected chi connectivity index (χ3v) is 5.33. The number of aliphatic hydroxyl groups is 1. The normalized spacial score (nSPS) is 16.6. The van der Waals surface area contributed by atoms with E-state index in [9.17, 15) is 19.8 Å². The van der Waals surface area contributed by atoms with Crippen molar-refractivity contribution in [2.24, 2.45) is 0 Å². The lowest BCUT2D eigenvalue weighted by Gasteiger charge is -2.37. The Morgan fingerprint density at radius 3 is 2.34 bits per heavy atom. The Morgan fingerprint density at radius 2 is 1.72 bits per heavy atom. The van der Waals surface area contributed by atoms with Crippen LogP contribution in [0.15, 0.2) is 30.0 Å². The minimum atomic E-state index is -0.979. The van der Waals surface area contributed by atoms with Crippen LogP contribution in [-0.4, -0.2) is 36.0 Å². The number of carbonyl (C=O) groups excluding carboxylic acids is 2. The van der Waals surface area contributed by atoms with Gasteiger partial charge in [0, 0.05) is 22.8 Å². The molecule has 0 fully saturated rings. The molecule has 0 atom stereocenters. The molecule has 0 saturated heterocycles. The van der Waals surface area contributed by atoms with Crippen molar-refractivity contribution in [2.45, 2.75) is 26.1 Å². The standard InChI is InChI=1S/C22H20O7/c1-22(2)14-8-15(24)10(9-23)5-12(14)18-19(25)13-6-11(27-3)7-16(28-4)17(13)20(26)21(18)29-22/h5-8,23-24H,9H2,1-4H3. The molecule has 2 aromatic carbocycles. The predicted molar refractivity (Wildman–Crippen MR) is 103 cm³/mol. The number of aliphatic hydroxyl groups excluding tert-OH is 1. The molecule has 1 aliphatic heterocycles. The third-order valence-electron chi connectivity index (χ3n) is 5.33. The van der Waals surface area contributed by atoms with Crippen molar-refractivity contribution in [3.8, 4) is 17.2 Å². The van der Waals surface area contributed by atoms with Gasteiger partial charge in [-0.1, -0.05) is 0 Å². The molecule has 0 spiro atoms. The number of phenols is 1. The van der Waals surface area contributed by atoms with E-state index in [1.54, 1.807) is 19.9 Å². The maximum atomic E-state index is 13.5. The average molecular weight is 396 g/mol. The maximum Gasteiger partial charge on any atom is 0.232 e. The summed E-state index contributed by atoms with van der Waals surface area (Å²) in [5, 5.41) is 19.8. The molecule has 7 heteroatoms. The van der Waals surface area contributed by atoms with Crippen molar-refractivity contribution < 1.29 is 34.0 Å². The number of ketones is 2. The monoisotopic (exact) mass is 396 g/mol. The Bertz CT molecular complexity index is 1110. The van der Waals surface area contributed by atoms with Crippen LogP contribution in [0.2, 0.25) is 0 Å². The first kappa shape index (κ1) is 19.0. The van der Waals surface area contributed by atoms with Gasteiger partial charge in [-0.15, -0.1) is 0 Å². The van der Waals surface area contributed by atoms with E-state index in [0.717, 1.165) is 0 Å². The predicted octanol–water partition coefficient (Wildman–Crippen LogP) is 2.96. The molecule has 0 unspecified atom stereocenters. The van der Waals surface area contributed by atoms with E-state index in [4.69, 9.17) is 14.2 Å². The van der Waals surface area contributed by atoms with Crippen LogP contribution in [0.3, 0.4) is 0 Å². The van der Waals surface area contributed by atoms with E-state index in [2.05, 4.69) is 0 Å². The van der Waals surface area contributed by atoms with Crippen LogP contribution in [0.1, 0.15) is 51.3 Å². The fourth-order valence-electron chi connectivity index (χ4n) is 3.86. The van der Waals surface area contributed by atoms with E-state index in [-0.39, 0.29) is 39.5 Å². The molecule has 7 nitrogen and oxygen atoms in total. The van der Waals surface area contributed by atoms with Gasteiger partial charge in [-0.2, -0.15) is 0 Å². The van der Waals surface area contributed by atoms with Crippen LogP contribution in [0, 0.1) is 0 Å². The molecule has 2 aliphatic rings. The molecule has 29 heavy (non-hydrogen) atoms. The van der Waals surface area contributed by atoms with E-state index in [1.165, 1.54) is 32.4 Å². The first-order chi connectivity index (χ1) is 13.7. The molecule has 150 valence electrons. The van der Waals surface area contributed by atoms with Gasteiger partial charge < -0.3 is 24.4 Å². The number of rotatable bonds is 3. The van der Waals surface area contributed by atoms with Crippen molar-refractivity contribution in [3.63, 3.8) is 0 Å². The molecule has 0 radical (unpaired) electrons. The van der Waals surface area contributed by atoms with Crippen LogP contribution in [0.4, 0.5) is 0 Å². The van der Waals surface area contributed by atoms with Crippen molar-refractivity contribution in [3.05, 3.63) is 57.8 Å². The molecule has 2 N–H and O–H groups in total. The number of benzene rings is 2. The quantitative estimate of drug-likeness (QED) is 0.822. The Kier molecular flexibility index (Phi) is 4.16. The zero-order valence-corrected chi connectivity index (χ0v) is 16.5. The highest BCUT2D eigenvalue weighted by Gasteiger charge is 2.45. The van der Waals surface area contributed by atoms with Gasteiger partial charge in [0.25, 0.3) is 0 Å². The lowest BCUT2D eigenvalue weighted by molar-refractivity contribution is 0.0235. The number of hydrogen-bond acceptors (Lipinski definition) is 7. The van der Waals surface area contributed by atoms with Gasteiger partial charge in [0.15, 0.2) is 11.5 Å². The summed E-state index contributed by atoms with van der Waals surface area (Å²) in [6.45, 7) is 3.07. The summed E-state index contributed by atoms with van der Waals surface area (Å²) in [5.74, 6) is -0.462. The molecule has 0 amide bonds. The maximum absolute atomic E-state index is 13.5. The van der Waals surface area contributed by atoms with Crippen LogP contribution in [0.5, 0.6) is 17.2 Å². The lowest BCUT2D eigenvalue weighted by atomic mass is 9.77. The Balaban J connectivity index is 2.04. The van der Waals surface area contributed by atoms with Crippen LogP contribution in [-0.2, 0) is 16.9 Å². The van der Waals surface area contributed by atoms with Crippen molar-refractivity contribution in [1.29, 1.82) is 0 Å². The summed E-state index contributed by atoms with van der Waals surface area (Å²) in [5.41, 5.74) is 0.640. The number of hydrogen-bond donors (Lipinski definition) is 2.